The third kappa shape index (κ3) is 3.97. The summed E-state index contributed by atoms with van der Waals surface area (Å²) in [5.41, 5.74) is 4.64. The van der Waals surface area contributed by atoms with E-state index in [1.807, 2.05) is 41.8 Å². The Morgan fingerprint density at radius 2 is 1.83 bits per heavy atom. The quantitative estimate of drug-likeness (QED) is 0.468. The van der Waals surface area contributed by atoms with E-state index < -0.39 is 0 Å². The Balaban J connectivity index is 1.27. The molecule has 0 saturated carbocycles. The maximum Gasteiger partial charge on any atom is 0.159 e. The van der Waals surface area contributed by atoms with Crippen molar-refractivity contribution in [3.8, 4) is 27.6 Å². The second-order valence-electron chi connectivity index (χ2n) is 7.36. The van der Waals surface area contributed by atoms with Crippen molar-refractivity contribution in [2.24, 2.45) is 0 Å². The average Bonchev–Trinajstić information content (AvgIpc) is 3.28. The summed E-state index contributed by atoms with van der Waals surface area (Å²) in [6.07, 6.45) is 6.50. The van der Waals surface area contributed by atoms with Crippen LogP contribution >= 0.6 is 11.3 Å². The van der Waals surface area contributed by atoms with Crippen molar-refractivity contribution in [2.45, 2.75) is 19.5 Å². The lowest BCUT2D eigenvalue weighted by molar-refractivity contribution is 0.245. The first kappa shape index (κ1) is 18.9. The van der Waals surface area contributed by atoms with Gasteiger partial charge in [-0.3, -0.25) is 9.88 Å². The average molecular weight is 415 g/mol. The van der Waals surface area contributed by atoms with E-state index in [4.69, 9.17) is 9.72 Å². The van der Waals surface area contributed by atoms with Gasteiger partial charge in [-0.2, -0.15) is 0 Å². The number of pyridine rings is 1. The van der Waals surface area contributed by atoms with Crippen LogP contribution in [0, 0.1) is 0 Å². The maximum absolute atomic E-state index is 5.26. The number of fused-ring (bicyclic) bond motifs is 1. The molecular weight excluding hydrogens is 392 g/mol. The summed E-state index contributed by atoms with van der Waals surface area (Å²) in [7, 11) is 1.69. The van der Waals surface area contributed by atoms with E-state index in [9.17, 15) is 0 Å². The van der Waals surface area contributed by atoms with Crippen LogP contribution in [0.4, 0.5) is 0 Å². The van der Waals surface area contributed by atoms with Crippen LogP contribution in [0.25, 0.3) is 21.8 Å². The van der Waals surface area contributed by atoms with Gasteiger partial charge in [-0.25, -0.2) is 9.97 Å². The largest absolute Gasteiger partial charge is 0.497 e. The van der Waals surface area contributed by atoms with E-state index in [2.05, 4.69) is 39.1 Å². The van der Waals surface area contributed by atoms with Gasteiger partial charge in [-0.05, 0) is 54.1 Å². The highest BCUT2D eigenvalue weighted by Crippen LogP contribution is 2.31. The molecule has 0 unspecified atom stereocenters. The molecule has 0 N–H and O–H groups in total. The molecule has 6 heteroatoms. The van der Waals surface area contributed by atoms with Gasteiger partial charge in [0.2, 0.25) is 0 Å². The molecule has 1 aliphatic heterocycles. The molecule has 1 aliphatic rings. The Bertz CT molecular complexity index is 1140. The zero-order valence-electron chi connectivity index (χ0n) is 16.8. The van der Waals surface area contributed by atoms with Gasteiger partial charge in [-0.1, -0.05) is 0 Å². The standard InChI is InChI=1S/C24H22N4OS/c1-29-20-4-2-17(3-5-20)23-7-6-21(30-23)16-28-13-10-22-19(15-28)14-26-24(27-22)18-8-11-25-12-9-18/h2-9,11-12,14H,10,13,15-16H2,1H3. The first-order chi connectivity index (χ1) is 14.8. The van der Waals surface area contributed by atoms with E-state index >= 15 is 0 Å². The fourth-order valence-corrected chi connectivity index (χ4v) is 4.80. The van der Waals surface area contributed by atoms with Gasteiger partial charge in [0.25, 0.3) is 0 Å². The topological polar surface area (TPSA) is 51.1 Å². The van der Waals surface area contributed by atoms with Crippen LogP contribution in [0.2, 0.25) is 0 Å². The van der Waals surface area contributed by atoms with Crippen molar-refractivity contribution >= 4 is 11.3 Å². The molecule has 150 valence electrons. The van der Waals surface area contributed by atoms with E-state index in [0.717, 1.165) is 48.9 Å². The second-order valence-corrected chi connectivity index (χ2v) is 8.52. The smallest absolute Gasteiger partial charge is 0.159 e. The van der Waals surface area contributed by atoms with Crippen LogP contribution in [0.15, 0.2) is 67.1 Å². The minimum Gasteiger partial charge on any atom is -0.497 e. The Labute approximate surface area is 180 Å². The van der Waals surface area contributed by atoms with Crippen molar-refractivity contribution in [3.63, 3.8) is 0 Å². The van der Waals surface area contributed by atoms with E-state index in [1.54, 1.807) is 19.5 Å². The van der Waals surface area contributed by atoms with Gasteiger partial charge < -0.3 is 4.74 Å². The molecule has 3 aromatic heterocycles. The molecule has 1 aromatic carbocycles. The van der Waals surface area contributed by atoms with Gasteiger partial charge in [0.05, 0.1) is 12.8 Å². The first-order valence-electron chi connectivity index (χ1n) is 9.99. The van der Waals surface area contributed by atoms with Gasteiger partial charge in [0.1, 0.15) is 5.75 Å². The molecule has 5 rings (SSSR count). The van der Waals surface area contributed by atoms with Crippen LogP contribution < -0.4 is 4.74 Å². The predicted octanol–water partition coefficient (Wildman–Crippen LogP) is 4.83. The Morgan fingerprint density at radius 1 is 1.00 bits per heavy atom. The summed E-state index contributed by atoms with van der Waals surface area (Å²) in [5.74, 6) is 1.67. The Hall–Kier alpha value is -3.09. The highest BCUT2D eigenvalue weighted by atomic mass is 32.1. The lowest BCUT2D eigenvalue weighted by atomic mass is 10.1. The number of hydrogen-bond donors (Lipinski definition) is 0. The van der Waals surface area contributed by atoms with E-state index in [0.29, 0.717) is 0 Å². The monoisotopic (exact) mass is 414 g/mol. The van der Waals surface area contributed by atoms with Gasteiger partial charge in [0.15, 0.2) is 5.82 Å². The Kier molecular flexibility index (Phi) is 5.26. The molecule has 4 aromatic rings. The van der Waals surface area contributed by atoms with Crippen LogP contribution in [-0.4, -0.2) is 33.5 Å². The second kappa shape index (κ2) is 8.34. The van der Waals surface area contributed by atoms with Crippen molar-refractivity contribution in [3.05, 3.63) is 83.3 Å². The van der Waals surface area contributed by atoms with E-state index in [1.165, 1.54) is 20.9 Å². The fourth-order valence-electron chi connectivity index (χ4n) is 3.74. The van der Waals surface area contributed by atoms with Crippen molar-refractivity contribution in [1.82, 2.24) is 19.9 Å². The highest BCUT2D eigenvalue weighted by molar-refractivity contribution is 7.15. The molecule has 0 fully saturated rings. The number of thiophene rings is 1. The third-order valence-corrected chi connectivity index (χ3v) is 6.49. The third-order valence-electron chi connectivity index (χ3n) is 5.37. The number of aromatic nitrogens is 3. The van der Waals surface area contributed by atoms with Gasteiger partial charge >= 0.3 is 0 Å². The Morgan fingerprint density at radius 3 is 2.63 bits per heavy atom. The van der Waals surface area contributed by atoms with Gasteiger partial charge in [-0.15, -0.1) is 11.3 Å². The number of hydrogen-bond acceptors (Lipinski definition) is 6. The summed E-state index contributed by atoms with van der Waals surface area (Å²) in [4.78, 5) is 18.6. The number of nitrogens with zero attached hydrogens (tertiary/aromatic N) is 4. The summed E-state index contributed by atoms with van der Waals surface area (Å²) in [6, 6.07) is 16.6. The van der Waals surface area contributed by atoms with Crippen LogP contribution in [0.3, 0.4) is 0 Å². The number of methoxy groups -OCH3 is 1. The molecule has 30 heavy (non-hydrogen) atoms. The molecule has 0 atom stereocenters. The molecule has 0 bridgehead atoms. The maximum atomic E-state index is 5.26. The molecule has 0 spiro atoms. The van der Waals surface area contributed by atoms with Gasteiger partial charge in [0, 0.05) is 65.5 Å². The van der Waals surface area contributed by atoms with Crippen LogP contribution in [-0.2, 0) is 19.5 Å². The molecule has 5 nitrogen and oxygen atoms in total. The fraction of sp³-hybridized carbons (Fsp3) is 0.208. The lowest BCUT2D eigenvalue weighted by Gasteiger charge is -2.27. The highest BCUT2D eigenvalue weighted by Gasteiger charge is 2.19. The van der Waals surface area contributed by atoms with E-state index in [-0.39, 0.29) is 0 Å². The van der Waals surface area contributed by atoms with Crippen LogP contribution in [0.1, 0.15) is 16.1 Å². The molecule has 0 radical (unpaired) electrons. The first-order valence-corrected chi connectivity index (χ1v) is 10.8. The van der Waals surface area contributed by atoms with Crippen molar-refractivity contribution in [2.75, 3.05) is 13.7 Å². The summed E-state index contributed by atoms with van der Waals surface area (Å²) in [5, 5.41) is 0. The molecule has 4 heterocycles. The van der Waals surface area contributed by atoms with Crippen molar-refractivity contribution < 1.29 is 4.74 Å². The predicted molar refractivity (Wildman–Crippen MR) is 119 cm³/mol. The zero-order valence-corrected chi connectivity index (χ0v) is 17.6. The number of ether oxygens (including phenoxy) is 1. The molecule has 0 saturated heterocycles. The summed E-state index contributed by atoms with van der Waals surface area (Å²) in [6.45, 7) is 2.85. The molecular formula is C24H22N4OS. The summed E-state index contributed by atoms with van der Waals surface area (Å²) < 4.78 is 5.26. The SMILES string of the molecule is COc1ccc(-c2ccc(CN3CCc4nc(-c5ccncc5)ncc4C3)s2)cc1. The molecule has 0 amide bonds. The van der Waals surface area contributed by atoms with Crippen molar-refractivity contribution in [1.29, 1.82) is 0 Å². The summed E-state index contributed by atoms with van der Waals surface area (Å²) >= 11 is 1.85. The minimum atomic E-state index is 0.784. The minimum absolute atomic E-state index is 0.784. The normalized spacial score (nSPS) is 13.8. The zero-order chi connectivity index (χ0) is 20.3. The number of benzene rings is 1. The molecule has 0 aliphatic carbocycles. The number of rotatable bonds is 5. The lowest BCUT2D eigenvalue weighted by Crippen LogP contribution is -2.30. The van der Waals surface area contributed by atoms with Crippen LogP contribution in [0.5, 0.6) is 5.75 Å².